The van der Waals surface area contributed by atoms with Crippen LogP contribution < -0.4 is 10.9 Å². The number of nitrogens with one attached hydrogen (secondary N) is 1. The SMILES string of the molecule is CCOC(=O)c1sc(NC(=O)c2nn(CC)c(=O)c3ccccc23)nc1C. The summed E-state index contributed by atoms with van der Waals surface area (Å²) < 4.78 is 6.23. The molecule has 1 aromatic carbocycles. The second-order valence-electron chi connectivity index (χ2n) is 5.62. The fraction of sp³-hybridized carbons (Fsp3) is 0.278. The monoisotopic (exact) mass is 386 g/mol. The Morgan fingerprint density at radius 1 is 1.22 bits per heavy atom. The van der Waals surface area contributed by atoms with Crippen molar-refractivity contribution < 1.29 is 14.3 Å². The molecule has 2 aromatic heterocycles. The topological polar surface area (TPSA) is 103 Å². The number of esters is 1. The van der Waals surface area contributed by atoms with E-state index in [-0.39, 0.29) is 23.0 Å². The quantitative estimate of drug-likeness (QED) is 0.676. The number of aromatic nitrogens is 3. The number of rotatable bonds is 5. The van der Waals surface area contributed by atoms with Gasteiger partial charge in [0.25, 0.3) is 11.5 Å². The molecule has 0 atom stereocenters. The van der Waals surface area contributed by atoms with E-state index in [1.165, 1.54) is 4.68 Å². The highest BCUT2D eigenvalue weighted by Crippen LogP contribution is 2.24. The summed E-state index contributed by atoms with van der Waals surface area (Å²) in [5, 5.41) is 7.99. The van der Waals surface area contributed by atoms with Crippen LogP contribution in [0.2, 0.25) is 0 Å². The highest BCUT2D eigenvalue weighted by molar-refractivity contribution is 7.17. The minimum Gasteiger partial charge on any atom is -0.462 e. The van der Waals surface area contributed by atoms with Gasteiger partial charge in [-0.2, -0.15) is 5.10 Å². The number of ether oxygens (including phenoxy) is 1. The van der Waals surface area contributed by atoms with Crippen molar-refractivity contribution in [3.8, 4) is 0 Å². The van der Waals surface area contributed by atoms with E-state index in [9.17, 15) is 14.4 Å². The van der Waals surface area contributed by atoms with Crippen molar-refractivity contribution in [2.24, 2.45) is 0 Å². The van der Waals surface area contributed by atoms with Crippen molar-refractivity contribution in [2.75, 3.05) is 11.9 Å². The number of carbonyl (C=O) groups is 2. The molecule has 3 aromatic rings. The lowest BCUT2D eigenvalue weighted by Gasteiger charge is -2.08. The molecule has 0 saturated carbocycles. The van der Waals surface area contributed by atoms with Crippen LogP contribution in [-0.4, -0.2) is 33.2 Å². The first kappa shape index (κ1) is 18.7. The molecule has 8 nitrogen and oxygen atoms in total. The van der Waals surface area contributed by atoms with Crippen LogP contribution in [0.3, 0.4) is 0 Å². The van der Waals surface area contributed by atoms with E-state index in [1.54, 1.807) is 45.0 Å². The fourth-order valence-electron chi connectivity index (χ4n) is 2.61. The molecule has 0 aliphatic rings. The summed E-state index contributed by atoms with van der Waals surface area (Å²) in [6, 6.07) is 6.81. The zero-order valence-electron chi connectivity index (χ0n) is 15.1. The van der Waals surface area contributed by atoms with Crippen molar-refractivity contribution in [2.45, 2.75) is 27.3 Å². The number of nitrogens with zero attached hydrogens (tertiary/aromatic N) is 3. The number of carbonyl (C=O) groups excluding carboxylic acids is 2. The highest BCUT2D eigenvalue weighted by atomic mass is 32.1. The van der Waals surface area contributed by atoms with Crippen LogP contribution in [0.5, 0.6) is 0 Å². The van der Waals surface area contributed by atoms with E-state index >= 15 is 0 Å². The predicted molar refractivity (Wildman–Crippen MR) is 102 cm³/mol. The van der Waals surface area contributed by atoms with Gasteiger partial charge in [-0.05, 0) is 26.8 Å². The first-order chi connectivity index (χ1) is 13.0. The van der Waals surface area contributed by atoms with Gasteiger partial charge in [0, 0.05) is 11.9 Å². The molecule has 140 valence electrons. The lowest BCUT2D eigenvalue weighted by atomic mass is 10.1. The van der Waals surface area contributed by atoms with E-state index in [0.29, 0.717) is 27.9 Å². The van der Waals surface area contributed by atoms with Crippen LogP contribution in [0, 0.1) is 6.92 Å². The van der Waals surface area contributed by atoms with Gasteiger partial charge in [-0.25, -0.2) is 14.5 Å². The second kappa shape index (κ2) is 7.67. The van der Waals surface area contributed by atoms with Gasteiger partial charge in [0.15, 0.2) is 10.8 Å². The maximum atomic E-state index is 12.8. The molecule has 27 heavy (non-hydrogen) atoms. The van der Waals surface area contributed by atoms with E-state index in [0.717, 1.165) is 11.3 Å². The normalized spacial score (nSPS) is 10.8. The van der Waals surface area contributed by atoms with Crippen molar-refractivity contribution in [1.29, 1.82) is 0 Å². The van der Waals surface area contributed by atoms with E-state index in [1.807, 2.05) is 0 Å². The van der Waals surface area contributed by atoms with Gasteiger partial charge in [-0.15, -0.1) is 0 Å². The third-order valence-electron chi connectivity index (χ3n) is 3.86. The van der Waals surface area contributed by atoms with Crippen LogP contribution in [0.15, 0.2) is 29.1 Å². The van der Waals surface area contributed by atoms with Gasteiger partial charge in [-0.1, -0.05) is 29.5 Å². The van der Waals surface area contributed by atoms with Crippen LogP contribution in [-0.2, 0) is 11.3 Å². The lowest BCUT2D eigenvalue weighted by Crippen LogP contribution is -2.27. The molecule has 0 fully saturated rings. The molecule has 0 aliphatic heterocycles. The Morgan fingerprint density at radius 2 is 1.93 bits per heavy atom. The molecule has 2 heterocycles. The highest BCUT2D eigenvalue weighted by Gasteiger charge is 2.20. The van der Waals surface area contributed by atoms with Crippen molar-refractivity contribution in [1.82, 2.24) is 14.8 Å². The Labute approximate surface area is 158 Å². The maximum Gasteiger partial charge on any atom is 0.350 e. The summed E-state index contributed by atoms with van der Waals surface area (Å²) in [5.74, 6) is -0.978. The van der Waals surface area contributed by atoms with Gasteiger partial charge in [0.1, 0.15) is 4.88 Å². The molecule has 0 unspecified atom stereocenters. The molecular weight excluding hydrogens is 368 g/mol. The van der Waals surface area contributed by atoms with Gasteiger partial charge in [-0.3, -0.25) is 14.9 Å². The number of aryl methyl sites for hydroxylation is 2. The molecule has 0 bridgehead atoms. The minimum absolute atomic E-state index is 0.123. The molecule has 0 aliphatic carbocycles. The van der Waals surface area contributed by atoms with Crippen LogP contribution in [0.25, 0.3) is 10.8 Å². The zero-order chi connectivity index (χ0) is 19.6. The third-order valence-corrected chi connectivity index (χ3v) is 4.91. The largest absolute Gasteiger partial charge is 0.462 e. The molecule has 1 N–H and O–H groups in total. The van der Waals surface area contributed by atoms with Gasteiger partial charge in [0.2, 0.25) is 0 Å². The third kappa shape index (κ3) is 3.59. The number of hydrogen-bond acceptors (Lipinski definition) is 7. The van der Waals surface area contributed by atoms with Gasteiger partial charge < -0.3 is 4.74 Å². The second-order valence-corrected chi connectivity index (χ2v) is 6.62. The Hall–Kier alpha value is -3.07. The summed E-state index contributed by atoms with van der Waals surface area (Å²) in [5.41, 5.74) is 0.349. The van der Waals surface area contributed by atoms with E-state index < -0.39 is 11.9 Å². The number of anilines is 1. The molecular formula is C18H18N4O4S. The predicted octanol–water partition coefficient (Wildman–Crippen LogP) is 2.61. The van der Waals surface area contributed by atoms with Gasteiger partial charge >= 0.3 is 5.97 Å². The smallest absolute Gasteiger partial charge is 0.350 e. The molecule has 0 radical (unpaired) electrons. The van der Waals surface area contributed by atoms with E-state index in [2.05, 4.69) is 15.4 Å². The minimum atomic E-state index is -0.502. The first-order valence-corrected chi connectivity index (χ1v) is 9.23. The number of fused-ring (bicyclic) bond motifs is 1. The Balaban J connectivity index is 1.98. The van der Waals surface area contributed by atoms with Crippen LogP contribution in [0.1, 0.15) is 39.7 Å². The number of hydrogen-bond donors (Lipinski definition) is 1. The van der Waals surface area contributed by atoms with Crippen LogP contribution in [0.4, 0.5) is 5.13 Å². The van der Waals surface area contributed by atoms with Crippen LogP contribution >= 0.6 is 11.3 Å². The maximum absolute atomic E-state index is 12.8. The fourth-order valence-corrected chi connectivity index (χ4v) is 3.46. The summed E-state index contributed by atoms with van der Waals surface area (Å²) in [4.78, 5) is 41.6. The Morgan fingerprint density at radius 3 is 2.59 bits per heavy atom. The molecule has 0 saturated heterocycles. The van der Waals surface area contributed by atoms with E-state index in [4.69, 9.17) is 4.74 Å². The van der Waals surface area contributed by atoms with Crippen molar-refractivity contribution in [3.05, 3.63) is 50.9 Å². The first-order valence-electron chi connectivity index (χ1n) is 8.42. The Kier molecular flexibility index (Phi) is 5.31. The molecule has 9 heteroatoms. The summed E-state index contributed by atoms with van der Waals surface area (Å²) in [6.45, 7) is 5.76. The molecule has 3 rings (SSSR count). The number of benzene rings is 1. The zero-order valence-corrected chi connectivity index (χ0v) is 15.9. The standard InChI is InChI=1S/C18H18N4O4S/c1-4-22-16(24)12-9-7-6-8-11(12)13(21-22)15(23)20-18-19-10(3)14(27-18)17(25)26-5-2/h6-9H,4-5H2,1-3H3,(H,19,20,23). The van der Waals surface area contributed by atoms with Gasteiger partial charge in [0.05, 0.1) is 17.7 Å². The molecule has 0 spiro atoms. The average molecular weight is 386 g/mol. The average Bonchev–Trinajstić information content (AvgIpc) is 3.02. The van der Waals surface area contributed by atoms with Crippen molar-refractivity contribution >= 4 is 39.1 Å². The lowest BCUT2D eigenvalue weighted by molar-refractivity contribution is 0.0531. The van der Waals surface area contributed by atoms with Crippen molar-refractivity contribution in [3.63, 3.8) is 0 Å². The Bertz CT molecular complexity index is 1090. The molecule has 1 amide bonds. The number of amides is 1. The summed E-state index contributed by atoms with van der Waals surface area (Å²) in [7, 11) is 0. The number of thiazole rings is 1. The summed E-state index contributed by atoms with van der Waals surface area (Å²) in [6.07, 6.45) is 0. The summed E-state index contributed by atoms with van der Waals surface area (Å²) >= 11 is 1.04.